The van der Waals surface area contributed by atoms with Gasteiger partial charge < -0.3 is 4.72 Å². The summed E-state index contributed by atoms with van der Waals surface area (Å²) in [6, 6.07) is 5.38. The van der Waals surface area contributed by atoms with Gasteiger partial charge in [0.25, 0.3) is 0 Å². The molecule has 0 fully saturated rings. The average molecular weight is 229 g/mol. The number of nitrogens with one attached hydrogen (secondary N) is 1. The number of hydrogen-bond donors (Lipinski definition) is 1. The third kappa shape index (κ3) is 5.07. The molecule has 0 unspecified atom stereocenters. The first-order valence-electron chi connectivity index (χ1n) is 5.38. The molecule has 0 saturated carbocycles. The molecular weight excluding hydrogens is 209 g/mol. The Kier molecular flexibility index (Phi) is 8.19. The van der Waals surface area contributed by atoms with E-state index in [-0.39, 0.29) is 5.82 Å². The normalized spacial score (nSPS) is 9.13. The highest BCUT2D eigenvalue weighted by molar-refractivity contribution is 8.00. The molecule has 1 aromatic carbocycles. The van der Waals surface area contributed by atoms with E-state index in [0.29, 0.717) is 11.3 Å². The molecule has 1 N–H and O–H groups in total. The van der Waals surface area contributed by atoms with Crippen LogP contribution >= 0.6 is 11.9 Å². The summed E-state index contributed by atoms with van der Waals surface area (Å²) in [7, 11) is 0. The third-order valence-electron chi connectivity index (χ3n) is 1.68. The van der Waals surface area contributed by atoms with Crippen LogP contribution in [-0.2, 0) is 0 Å². The Morgan fingerprint density at radius 2 is 2.00 bits per heavy atom. The molecule has 0 aliphatic heterocycles. The molecule has 0 aromatic heterocycles. The molecule has 1 rings (SSSR count). The van der Waals surface area contributed by atoms with Crippen LogP contribution < -0.4 is 4.72 Å². The molecule has 0 amide bonds. The fraction of sp³-hybridized carbons (Fsp3) is 0.500. The molecule has 0 bridgehead atoms. The van der Waals surface area contributed by atoms with Crippen molar-refractivity contribution in [1.82, 2.24) is 0 Å². The van der Waals surface area contributed by atoms with E-state index in [1.54, 1.807) is 19.1 Å². The molecule has 0 radical (unpaired) electrons. The second kappa shape index (κ2) is 8.60. The molecule has 0 aliphatic rings. The Labute approximate surface area is 96.6 Å². The zero-order chi connectivity index (χ0) is 11.7. The van der Waals surface area contributed by atoms with E-state index < -0.39 is 0 Å². The van der Waals surface area contributed by atoms with Gasteiger partial charge in [-0.15, -0.1) is 0 Å². The summed E-state index contributed by atoms with van der Waals surface area (Å²) in [5.41, 5.74) is 1.26. The summed E-state index contributed by atoms with van der Waals surface area (Å²) in [5, 5.41) is 0. The second-order valence-corrected chi connectivity index (χ2v) is 3.79. The van der Waals surface area contributed by atoms with Gasteiger partial charge in [0.05, 0.1) is 5.69 Å². The van der Waals surface area contributed by atoms with Crippen LogP contribution in [0, 0.1) is 12.7 Å². The van der Waals surface area contributed by atoms with Crippen LogP contribution in [0.5, 0.6) is 0 Å². The summed E-state index contributed by atoms with van der Waals surface area (Å²) in [6.45, 7) is 7.87. The lowest BCUT2D eigenvalue weighted by Gasteiger charge is -2.06. The Hall–Kier alpha value is -0.700. The number of rotatable bonds is 4. The highest BCUT2D eigenvalue weighted by atomic mass is 32.2. The average Bonchev–Trinajstić information content (AvgIpc) is 2.27. The smallest absolute Gasteiger partial charge is 0.150 e. The van der Waals surface area contributed by atoms with E-state index in [0.717, 1.165) is 12.2 Å². The SMILES string of the molecule is CC.CCCSNc1cccc(C)c1F. The minimum absolute atomic E-state index is 0.147. The second-order valence-electron chi connectivity index (χ2n) is 2.89. The summed E-state index contributed by atoms with van der Waals surface area (Å²) < 4.78 is 16.3. The molecule has 1 aromatic rings. The molecule has 0 saturated heterocycles. The van der Waals surface area contributed by atoms with Crippen molar-refractivity contribution in [2.75, 3.05) is 10.5 Å². The van der Waals surface area contributed by atoms with Gasteiger partial charge in [-0.3, -0.25) is 0 Å². The van der Waals surface area contributed by atoms with Crippen LogP contribution in [0.3, 0.4) is 0 Å². The quantitative estimate of drug-likeness (QED) is 0.596. The molecule has 0 atom stereocenters. The van der Waals surface area contributed by atoms with E-state index in [4.69, 9.17) is 0 Å². The van der Waals surface area contributed by atoms with Crippen LogP contribution in [0.15, 0.2) is 18.2 Å². The van der Waals surface area contributed by atoms with Crippen LogP contribution in [0.4, 0.5) is 10.1 Å². The predicted molar refractivity (Wildman–Crippen MR) is 68.9 cm³/mol. The van der Waals surface area contributed by atoms with Crippen LogP contribution in [0.2, 0.25) is 0 Å². The van der Waals surface area contributed by atoms with Crippen LogP contribution in [-0.4, -0.2) is 5.75 Å². The summed E-state index contributed by atoms with van der Waals surface area (Å²) in [5.74, 6) is 0.846. The molecule has 0 aliphatic carbocycles. The lowest BCUT2D eigenvalue weighted by atomic mass is 10.2. The van der Waals surface area contributed by atoms with Gasteiger partial charge in [0, 0.05) is 5.75 Å². The van der Waals surface area contributed by atoms with Crippen molar-refractivity contribution in [2.24, 2.45) is 0 Å². The van der Waals surface area contributed by atoms with Gasteiger partial charge in [-0.1, -0.05) is 44.9 Å². The lowest BCUT2D eigenvalue weighted by molar-refractivity contribution is 0.623. The van der Waals surface area contributed by atoms with Crippen molar-refractivity contribution in [1.29, 1.82) is 0 Å². The van der Waals surface area contributed by atoms with Crippen LogP contribution in [0.1, 0.15) is 32.8 Å². The highest BCUT2D eigenvalue weighted by Crippen LogP contribution is 2.20. The van der Waals surface area contributed by atoms with Gasteiger partial charge in [-0.2, -0.15) is 0 Å². The van der Waals surface area contributed by atoms with Crippen molar-refractivity contribution in [3.05, 3.63) is 29.6 Å². The first-order chi connectivity index (χ1) is 7.25. The van der Waals surface area contributed by atoms with Crippen molar-refractivity contribution in [2.45, 2.75) is 34.1 Å². The van der Waals surface area contributed by atoms with Gasteiger partial charge in [-0.25, -0.2) is 4.39 Å². The summed E-state index contributed by atoms with van der Waals surface area (Å²) in [6.07, 6.45) is 1.09. The maximum atomic E-state index is 13.4. The molecule has 1 nitrogen and oxygen atoms in total. The molecule has 0 spiro atoms. The first-order valence-corrected chi connectivity index (χ1v) is 6.37. The van der Waals surface area contributed by atoms with Gasteiger partial charge >= 0.3 is 0 Å². The standard InChI is InChI=1S/C10H14FNS.C2H6/c1-3-7-13-12-9-6-4-5-8(2)10(9)11;1-2/h4-6,12H,3,7H2,1-2H3;1-2H3. The van der Waals surface area contributed by atoms with E-state index in [1.807, 2.05) is 19.9 Å². The van der Waals surface area contributed by atoms with Crippen molar-refractivity contribution < 1.29 is 4.39 Å². The number of benzene rings is 1. The number of hydrogen-bond acceptors (Lipinski definition) is 2. The van der Waals surface area contributed by atoms with Gasteiger partial charge in [0.1, 0.15) is 5.82 Å². The largest absolute Gasteiger partial charge is 0.327 e. The van der Waals surface area contributed by atoms with Crippen molar-refractivity contribution in [3.63, 3.8) is 0 Å². The zero-order valence-electron chi connectivity index (χ0n) is 9.93. The monoisotopic (exact) mass is 229 g/mol. The summed E-state index contributed by atoms with van der Waals surface area (Å²) >= 11 is 1.54. The van der Waals surface area contributed by atoms with E-state index in [9.17, 15) is 4.39 Å². The van der Waals surface area contributed by atoms with Gasteiger partial charge in [0.15, 0.2) is 0 Å². The Morgan fingerprint density at radius 1 is 1.33 bits per heavy atom. The number of aryl methyl sites for hydroxylation is 1. The minimum Gasteiger partial charge on any atom is -0.327 e. The van der Waals surface area contributed by atoms with Gasteiger partial charge in [-0.05, 0) is 25.0 Å². The molecule has 3 heteroatoms. The number of halogens is 1. The molecule has 86 valence electrons. The Balaban J connectivity index is 0.000000921. The van der Waals surface area contributed by atoms with Gasteiger partial charge in [0.2, 0.25) is 0 Å². The fourth-order valence-electron chi connectivity index (χ4n) is 0.957. The third-order valence-corrected chi connectivity index (χ3v) is 2.66. The zero-order valence-corrected chi connectivity index (χ0v) is 10.7. The Morgan fingerprint density at radius 3 is 2.60 bits per heavy atom. The van der Waals surface area contributed by atoms with Crippen molar-refractivity contribution >= 4 is 17.6 Å². The van der Waals surface area contributed by atoms with E-state index >= 15 is 0 Å². The number of anilines is 1. The Bertz CT molecular complexity index is 276. The minimum atomic E-state index is -0.147. The first kappa shape index (κ1) is 14.3. The predicted octanol–water partition coefficient (Wildman–Crippen LogP) is 4.63. The molecule has 0 heterocycles. The lowest BCUT2D eigenvalue weighted by Crippen LogP contribution is -1.93. The van der Waals surface area contributed by atoms with E-state index in [1.165, 1.54) is 11.9 Å². The maximum Gasteiger partial charge on any atom is 0.150 e. The van der Waals surface area contributed by atoms with Crippen LogP contribution in [0.25, 0.3) is 0 Å². The molecule has 15 heavy (non-hydrogen) atoms. The topological polar surface area (TPSA) is 12.0 Å². The molecular formula is C12H20FNS. The van der Waals surface area contributed by atoms with Crippen molar-refractivity contribution in [3.8, 4) is 0 Å². The fourth-order valence-corrected chi connectivity index (χ4v) is 1.58. The van der Waals surface area contributed by atoms with E-state index in [2.05, 4.69) is 11.6 Å². The summed E-state index contributed by atoms with van der Waals surface area (Å²) in [4.78, 5) is 0. The highest BCUT2D eigenvalue weighted by Gasteiger charge is 2.02. The maximum absolute atomic E-state index is 13.4.